The Kier molecular flexibility index (Phi) is 3.88. The van der Waals surface area contributed by atoms with Crippen LogP contribution in [0.2, 0.25) is 0 Å². The topological polar surface area (TPSA) is 46.1 Å². The number of hydrogen-bond donors (Lipinski definition) is 0. The first-order chi connectivity index (χ1) is 11.4. The molecule has 128 valence electrons. The lowest BCUT2D eigenvalue weighted by Gasteiger charge is -2.39. The zero-order chi connectivity index (χ0) is 16.9. The van der Waals surface area contributed by atoms with Gasteiger partial charge >= 0.3 is 0 Å². The molecule has 2 atom stereocenters. The van der Waals surface area contributed by atoms with E-state index in [2.05, 4.69) is 35.6 Å². The van der Waals surface area contributed by atoms with Crippen LogP contribution in [-0.4, -0.2) is 39.1 Å². The summed E-state index contributed by atoms with van der Waals surface area (Å²) >= 11 is 3.16. The van der Waals surface area contributed by atoms with Gasteiger partial charge in [-0.05, 0) is 41.5 Å². The third kappa shape index (κ3) is 2.94. The summed E-state index contributed by atoms with van der Waals surface area (Å²) in [6.45, 7) is 7.95. The first-order valence-corrected chi connectivity index (χ1v) is 10.3. The molecule has 0 aromatic carbocycles. The smallest absolute Gasteiger partial charge is 0.233 e. The first-order valence-electron chi connectivity index (χ1n) is 8.46. The fourth-order valence-electron chi connectivity index (χ4n) is 4.85. The quantitative estimate of drug-likeness (QED) is 0.607. The van der Waals surface area contributed by atoms with E-state index in [-0.39, 0.29) is 5.91 Å². The maximum absolute atomic E-state index is 12.9. The highest BCUT2D eigenvalue weighted by Crippen LogP contribution is 2.52. The van der Waals surface area contributed by atoms with Gasteiger partial charge in [-0.3, -0.25) is 4.79 Å². The fraction of sp³-hybridized carbons (Fsp3) is 0.611. The average Bonchev–Trinajstić information content (AvgIpc) is 3.06. The van der Waals surface area contributed by atoms with Crippen LogP contribution in [0, 0.1) is 10.8 Å². The molecule has 3 heterocycles. The molecule has 1 saturated carbocycles. The molecule has 2 fully saturated rings. The lowest BCUT2D eigenvalue weighted by atomic mass is 9.65. The Morgan fingerprint density at radius 2 is 2.21 bits per heavy atom. The molecule has 1 aliphatic carbocycles. The summed E-state index contributed by atoms with van der Waals surface area (Å²) in [5.41, 5.74) is 0.637. The van der Waals surface area contributed by atoms with Gasteiger partial charge < -0.3 is 4.90 Å². The standard InChI is InChI=1S/C18H23N3OS2/c1-17(2)6-12-7-18(3,9-17)10-21(12)14(22)8-24-16-13-4-5-23-15(13)19-11-20-16/h4-5,11-12H,6-10H2,1-3H3. The minimum atomic E-state index is 0.258. The zero-order valence-corrected chi connectivity index (χ0v) is 16.0. The maximum Gasteiger partial charge on any atom is 0.233 e. The number of carbonyl (C=O) groups is 1. The van der Waals surface area contributed by atoms with Gasteiger partial charge in [-0.2, -0.15) is 0 Å². The van der Waals surface area contributed by atoms with Crippen molar-refractivity contribution in [3.05, 3.63) is 17.8 Å². The zero-order valence-electron chi connectivity index (χ0n) is 14.4. The Balaban J connectivity index is 1.47. The van der Waals surface area contributed by atoms with E-state index in [4.69, 9.17) is 0 Å². The largest absolute Gasteiger partial charge is 0.338 e. The van der Waals surface area contributed by atoms with Crippen LogP contribution in [-0.2, 0) is 4.79 Å². The lowest BCUT2D eigenvalue weighted by molar-refractivity contribution is -0.129. The predicted octanol–water partition coefficient (Wildman–Crippen LogP) is 4.21. The van der Waals surface area contributed by atoms with Gasteiger partial charge in [-0.1, -0.05) is 32.5 Å². The van der Waals surface area contributed by atoms with E-state index < -0.39 is 0 Å². The number of nitrogens with zero attached hydrogens (tertiary/aromatic N) is 3. The van der Waals surface area contributed by atoms with Gasteiger partial charge in [0, 0.05) is 18.0 Å². The lowest BCUT2D eigenvalue weighted by Crippen LogP contribution is -2.38. The molecule has 1 aliphatic heterocycles. The molecule has 24 heavy (non-hydrogen) atoms. The van der Waals surface area contributed by atoms with E-state index in [1.54, 1.807) is 29.4 Å². The van der Waals surface area contributed by atoms with Crippen molar-refractivity contribution in [1.29, 1.82) is 0 Å². The summed E-state index contributed by atoms with van der Waals surface area (Å²) in [5, 5.41) is 4.01. The van der Waals surface area contributed by atoms with Gasteiger partial charge in [0.15, 0.2) is 0 Å². The second-order valence-corrected chi connectivity index (χ2v) is 10.2. The molecule has 1 saturated heterocycles. The highest BCUT2D eigenvalue weighted by Gasteiger charge is 2.50. The van der Waals surface area contributed by atoms with E-state index in [0.717, 1.165) is 34.6 Å². The third-order valence-electron chi connectivity index (χ3n) is 5.29. The molecule has 0 radical (unpaired) electrons. The molecule has 2 aliphatic rings. The Morgan fingerprint density at radius 3 is 3.04 bits per heavy atom. The van der Waals surface area contributed by atoms with Crippen LogP contribution in [0.15, 0.2) is 22.8 Å². The summed E-state index contributed by atoms with van der Waals surface area (Å²) in [4.78, 5) is 24.6. The summed E-state index contributed by atoms with van der Waals surface area (Å²) in [6.07, 6.45) is 5.10. The molecule has 4 rings (SSSR count). The van der Waals surface area contributed by atoms with Gasteiger partial charge in [0.05, 0.1) is 5.75 Å². The number of likely N-dealkylation sites (tertiary alicyclic amines) is 1. The molecule has 1 amide bonds. The number of hydrogen-bond acceptors (Lipinski definition) is 5. The molecule has 2 aromatic rings. The summed E-state index contributed by atoms with van der Waals surface area (Å²) < 4.78 is 0. The van der Waals surface area contributed by atoms with Crippen molar-refractivity contribution in [2.75, 3.05) is 12.3 Å². The van der Waals surface area contributed by atoms with Gasteiger partial charge in [0.1, 0.15) is 16.2 Å². The molecule has 6 heteroatoms. The van der Waals surface area contributed by atoms with Crippen LogP contribution in [0.3, 0.4) is 0 Å². The van der Waals surface area contributed by atoms with Crippen LogP contribution in [0.25, 0.3) is 10.2 Å². The van der Waals surface area contributed by atoms with Crippen LogP contribution >= 0.6 is 23.1 Å². The number of carbonyl (C=O) groups excluding carboxylic acids is 1. The van der Waals surface area contributed by atoms with Gasteiger partial charge in [-0.25, -0.2) is 9.97 Å². The molecular formula is C18H23N3OS2. The number of aromatic nitrogens is 2. The van der Waals surface area contributed by atoms with E-state index >= 15 is 0 Å². The molecule has 4 nitrogen and oxygen atoms in total. The van der Waals surface area contributed by atoms with Crippen LogP contribution in [0.1, 0.15) is 40.0 Å². The van der Waals surface area contributed by atoms with E-state index in [1.807, 2.05) is 11.4 Å². The second kappa shape index (κ2) is 5.70. The SMILES string of the molecule is CC1(C)CC2CC(C)(CN2C(=O)CSc2ncnc3sccc23)C1. The number of fused-ring (bicyclic) bond motifs is 3. The molecule has 2 aromatic heterocycles. The van der Waals surface area contributed by atoms with Crippen molar-refractivity contribution in [3.63, 3.8) is 0 Å². The Bertz CT molecular complexity index is 787. The average molecular weight is 362 g/mol. The molecular weight excluding hydrogens is 338 g/mol. The highest BCUT2D eigenvalue weighted by atomic mass is 32.2. The normalized spacial score (nSPS) is 28.5. The van der Waals surface area contributed by atoms with E-state index in [9.17, 15) is 4.79 Å². The highest BCUT2D eigenvalue weighted by molar-refractivity contribution is 8.00. The van der Waals surface area contributed by atoms with Crippen molar-refractivity contribution in [1.82, 2.24) is 14.9 Å². The van der Waals surface area contributed by atoms with Crippen molar-refractivity contribution in [2.24, 2.45) is 10.8 Å². The van der Waals surface area contributed by atoms with Crippen LogP contribution < -0.4 is 0 Å². The van der Waals surface area contributed by atoms with Gasteiger partial charge in [0.25, 0.3) is 0 Å². The Morgan fingerprint density at radius 1 is 1.38 bits per heavy atom. The summed E-state index contributed by atoms with van der Waals surface area (Å²) in [6, 6.07) is 2.46. The Labute approximate surface area is 151 Å². The summed E-state index contributed by atoms with van der Waals surface area (Å²) in [5.74, 6) is 0.725. The van der Waals surface area contributed by atoms with E-state index in [1.165, 1.54) is 6.42 Å². The molecule has 2 unspecified atom stereocenters. The molecule has 0 spiro atoms. The molecule has 0 N–H and O–H groups in total. The maximum atomic E-state index is 12.9. The van der Waals surface area contributed by atoms with Crippen molar-refractivity contribution >= 4 is 39.2 Å². The predicted molar refractivity (Wildman–Crippen MR) is 99.4 cm³/mol. The number of thiophene rings is 1. The van der Waals surface area contributed by atoms with Crippen molar-refractivity contribution in [3.8, 4) is 0 Å². The summed E-state index contributed by atoms with van der Waals surface area (Å²) in [7, 11) is 0. The van der Waals surface area contributed by atoms with Crippen LogP contribution in [0.5, 0.6) is 0 Å². The monoisotopic (exact) mass is 361 g/mol. The number of amides is 1. The minimum absolute atomic E-state index is 0.258. The van der Waals surface area contributed by atoms with Crippen molar-refractivity contribution < 1.29 is 4.79 Å². The fourth-order valence-corrected chi connectivity index (χ4v) is 6.51. The first kappa shape index (κ1) is 16.3. The Hall–Kier alpha value is -1.14. The second-order valence-electron chi connectivity index (χ2n) is 8.34. The van der Waals surface area contributed by atoms with E-state index in [0.29, 0.717) is 22.6 Å². The van der Waals surface area contributed by atoms with Crippen LogP contribution in [0.4, 0.5) is 0 Å². The number of rotatable bonds is 3. The number of thioether (sulfide) groups is 1. The van der Waals surface area contributed by atoms with Gasteiger partial charge in [-0.15, -0.1) is 11.3 Å². The molecule has 2 bridgehead atoms. The minimum Gasteiger partial charge on any atom is -0.338 e. The third-order valence-corrected chi connectivity index (χ3v) is 7.10. The van der Waals surface area contributed by atoms with Gasteiger partial charge in [0.2, 0.25) is 5.91 Å². The van der Waals surface area contributed by atoms with Crippen molar-refractivity contribution in [2.45, 2.75) is 51.1 Å².